The summed E-state index contributed by atoms with van der Waals surface area (Å²) in [6.07, 6.45) is 16.9. The zero-order valence-corrected chi connectivity index (χ0v) is 35.6. The van der Waals surface area contributed by atoms with Crippen LogP contribution in [0.5, 0.6) is 0 Å². The molecule has 0 spiro atoms. The third-order valence-corrected chi connectivity index (χ3v) is 7.95. The maximum Gasteiger partial charge on any atom is 0.0264 e. The normalized spacial score (nSPS) is 8.72. The van der Waals surface area contributed by atoms with Crippen molar-refractivity contribution in [2.24, 2.45) is 0 Å². The van der Waals surface area contributed by atoms with Crippen LogP contribution in [0.25, 0.3) is 24.3 Å². The standard InChI is InChI=1S/C9H12.3C9H10.C8H10.C8H8.C5H6/c2*1-3-9-6-4-8(2)5-7-9;2*1-3-9-6-4-5-8(2)7-9;2*1-2-8-6-4-3-5-7-8;1-3-5-4-2/h4-7H,3H2,1-2H3;3*3-7H,1H2,2H3;3-7H,2H2,1H3;2-7H,1H2;1,4H,2,5H2. The van der Waals surface area contributed by atoms with Crippen molar-refractivity contribution in [3.05, 3.63) is 252 Å². The Hall–Kier alpha value is -6.42. The van der Waals surface area contributed by atoms with Crippen LogP contribution in [0.1, 0.15) is 75.9 Å². The number of aryl methyl sites for hydroxylation is 6. The van der Waals surface area contributed by atoms with E-state index < -0.39 is 0 Å². The number of hydrogen-bond donors (Lipinski definition) is 0. The highest BCUT2D eigenvalue weighted by Crippen LogP contribution is 2.06. The molecule has 0 saturated carbocycles. The van der Waals surface area contributed by atoms with Gasteiger partial charge >= 0.3 is 0 Å². The lowest BCUT2D eigenvalue weighted by molar-refractivity contribution is 1.14. The lowest BCUT2D eigenvalue weighted by Crippen LogP contribution is -1.77. The Labute approximate surface area is 348 Å². The molecule has 0 bridgehead atoms. The Kier molecular flexibility index (Phi) is 30.3. The molecule has 0 amide bonds. The van der Waals surface area contributed by atoms with Gasteiger partial charge in [0, 0.05) is 6.42 Å². The Balaban J connectivity index is 0.000000646. The van der Waals surface area contributed by atoms with Crippen molar-refractivity contribution in [1.82, 2.24) is 0 Å². The molecule has 294 valence electrons. The van der Waals surface area contributed by atoms with E-state index in [0.29, 0.717) is 6.42 Å². The minimum absolute atomic E-state index is 0.681. The molecule has 0 nitrogen and oxygen atoms in total. The molecule has 0 unspecified atom stereocenters. The topological polar surface area (TPSA) is 0 Å². The summed E-state index contributed by atoms with van der Waals surface area (Å²) in [6.45, 7) is 30.7. The summed E-state index contributed by atoms with van der Waals surface area (Å²) in [7, 11) is 0. The number of rotatable bonds is 7. The maximum atomic E-state index is 4.82. The number of hydrogen-bond acceptors (Lipinski definition) is 0. The summed E-state index contributed by atoms with van der Waals surface area (Å²) >= 11 is 0. The summed E-state index contributed by atoms with van der Waals surface area (Å²) in [6, 6.07) is 53.9. The molecule has 0 atom stereocenters. The van der Waals surface area contributed by atoms with E-state index in [1.807, 2.05) is 85.0 Å². The molecular weight excluding hydrogens is 685 g/mol. The van der Waals surface area contributed by atoms with E-state index in [1.54, 1.807) is 6.08 Å². The highest BCUT2D eigenvalue weighted by molar-refractivity contribution is 5.49. The second kappa shape index (κ2) is 34.1. The van der Waals surface area contributed by atoms with E-state index in [-0.39, 0.29) is 0 Å². The molecular formula is C57H66. The first-order valence-corrected chi connectivity index (χ1v) is 19.5. The van der Waals surface area contributed by atoms with Gasteiger partial charge in [0.2, 0.25) is 0 Å². The van der Waals surface area contributed by atoms with Crippen molar-refractivity contribution in [3.63, 3.8) is 0 Å². The van der Waals surface area contributed by atoms with E-state index >= 15 is 0 Å². The first-order valence-electron chi connectivity index (χ1n) is 19.5. The van der Waals surface area contributed by atoms with Gasteiger partial charge in [-0.05, 0) is 73.9 Å². The zero-order chi connectivity index (χ0) is 42.5. The van der Waals surface area contributed by atoms with Gasteiger partial charge in [-0.1, -0.05) is 251 Å². The van der Waals surface area contributed by atoms with Gasteiger partial charge in [0.25, 0.3) is 0 Å². The van der Waals surface area contributed by atoms with Crippen LogP contribution < -0.4 is 0 Å². The fraction of sp³-hybridized carbons (Fsp3) is 0.158. The van der Waals surface area contributed by atoms with Crippen molar-refractivity contribution in [2.45, 2.75) is 60.8 Å². The molecule has 0 radical (unpaired) electrons. The van der Waals surface area contributed by atoms with Crippen LogP contribution in [-0.2, 0) is 12.8 Å². The average Bonchev–Trinajstić information content (AvgIpc) is 3.26. The van der Waals surface area contributed by atoms with Crippen LogP contribution in [0.4, 0.5) is 0 Å². The van der Waals surface area contributed by atoms with Crippen molar-refractivity contribution in [3.8, 4) is 12.3 Å². The van der Waals surface area contributed by atoms with Crippen LogP contribution in [0.3, 0.4) is 0 Å². The van der Waals surface area contributed by atoms with E-state index in [1.165, 1.54) is 55.6 Å². The molecule has 0 N–H and O–H groups in total. The number of allylic oxidation sites excluding steroid dienone is 1. The van der Waals surface area contributed by atoms with Crippen LogP contribution in [-0.4, -0.2) is 0 Å². The van der Waals surface area contributed by atoms with Gasteiger partial charge in [0.1, 0.15) is 0 Å². The molecule has 0 aliphatic carbocycles. The number of benzene rings is 6. The Morgan fingerprint density at radius 1 is 0.404 bits per heavy atom. The molecule has 6 aromatic rings. The summed E-state index contributed by atoms with van der Waals surface area (Å²) in [5.74, 6) is 2.40. The maximum absolute atomic E-state index is 4.82. The Morgan fingerprint density at radius 2 is 0.754 bits per heavy atom. The summed E-state index contributed by atoms with van der Waals surface area (Å²) in [4.78, 5) is 0. The largest absolute Gasteiger partial charge is 0.120 e. The predicted molar refractivity (Wildman–Crippen MR) is 260 cm³/mol. The molecule has 6 aromatic carbocycles. The smallest absolute Gasteiger partial charge is 0.0264 e. The first kappa shape index (κ1) is 50.6. The molecule has 57 heavy (non-hydrogen) atoms. The molecule has 6 rings (SSSR count). The highest BCUT2D eigenvalue weighted by atomic mass is 13.9. The van der Waals surface area contributed by atoms with Gasteiger partial charge in [-0.3, -0.25) is 0 Å². The molecule has 0 aliphatic rings. The van der Waals surface area contributed by atoms with Crippen LogP contribution in [0, 0.1) is 40.0 Å². The average molecular weight is 751 g/mol. The number of terminal acetylenes is 1. The van der Waals surface area contributed by atoms with Gasteiger partial charge in [-0.15, -0.1) is 18.9 Å². The van der Waals surface area contributed by atoms with Gasteiger partial charge in [0.15, 0.2) is 0 Å². The summed E-state index contributed by atoms with van der Waals surface area (Å²) < 4.78 is 0. The SMILES string of the molecule is C#CCC=C.C=Cc1ccc(C)cc1.C=Cc1cccc(C)c1.C=Cc1cccc(C)c1.C=Cc1ccccc1.CCc1ccc(C)cc1.CCc1ccccc1. The molecule has 0 saturated heterocycles. The molecule has 0 aliphatic heterocycles. The Bertz CT molecular complexity index is 1920. The fourth-order valence-electron chi connectivity index (χ4n) is 4.51. The van der Waals surface area contributed by atoms with Gasteiger partial charge in [-0.2, -0.15) is 0 Å². The van der Waals surface area contributed by atoms with Crippen LogP contribution in [0.2, 0.25) is 0 Å². The van der Waals surface area contributed by atoms with Crippen LogP contribution >= 0.6 is 0 Å². The van der Waals surface area contributed by atoms with Gasteiger partial charge in [-0.25, -0.2) is 0 Å². The third kappa shape index (κ3) is 27.8. The monoisotopic (exact) mass is 751 g/mol. The third-order valence-electron chi connectivity index (χ3n) is 7.95. The Morgan fingerprint density at radius 3 is 1.04 bits per heavy atom. The summed E-state index contributed by atoms with van der Waals surface area (Å²) in [5.41, 5.74) is 12.8. The summed E-state index contributed by atoms with van der Waals surface area (Å²) in [5, 5.41) is 0. The minimum atomic E-state index is 0.681. The second-order valence-electron chi connectivity index (χ2n) is 12.8. The van der Waals surface area contributed by atoms with Crippen molar-refractivity contribution in [2.75, 3.05) is 0 Å². The van der Waals surface area contributed by atoms with Crippen molar-refractivity contribution >= 4 is 24.3 Å². The first-order chi connectivity index (χ1) is 27.6. The molecule has 0 heterocycles. The molecule has 0 fully saturated rings. The van der Waals surface area contributed by atoms with E-state index in [0.717, 1.165) is 12.8 Å². The van der Waals surface area contributed by atoms with E-state index in [9.17, 15) is 0 Å². The van der Waals surface area contributed by atoms with Gasteiger partial charge < -0.3 is 0 Å². The zero-order valence-electron chi connectivity index (χ0n) is 35.6. The van der Waals surface area contributed by atoms with Crippen LogP contribution in [0.15, 0.2) is 197 Å². The fourth-order valence-corrected chi connectivity index (χ4v) is 4.51. The lowest BCUT2D eigenvalue weighted by atomic mass is 10.1. The van der Waals surface area contributed by atoms with Gasteiger partial charge in [0.05, 0.1) is 0 Å². The molecule has 0 heteroatoms. The van der Waals surface area contributed by atoms with Crippen molar-refractivity contribution < 1.29 is 0 Å². The predicted octanol–water partition coefficient (Wildman–Crippen LogP) is 16.2. The highest BCUT2D eigenvalue weighted by Gasteiger charge is 1.86. The van der Waals surface area contributed by atoms with Crippen molar-refractivity contribution in [1.29, 1.82) is 0 Å². The lowest BCUT2D eigenvalue weighted by Gasteiger charge is -1.94. The quantitative estimate of drug-likeness (QED) is 0.113. The van der Waals surface area contributed by atoms with E-state index in [2.05, 4.69) is 177 Å². The minimum Gasteiger partial charge on any atom is -0.120 e. The van der Waals surface area contributed by atoms with E-state index in [4.69, 9.17) is 6.42 Å². The second-order valence-corrected chi connectivity index (χ2v) is 12.8. The molecule has 0 aromatic heterocycles.